The summed E-state index contributed by atoms with van der Waals surface area (Å²) < 4.78 is 0. The van der Waals surface area contributed by atoms with E-state index in [2.05, 4.69) is 0 Å². The third kappa shape index (κ3) is 4.33. The van der Waals surface area contributed by atoms with Crippen molar-refractivity contribution in [2.24, 2.45) is 5.73 Å². The summed E-state index contributed by atoms with van der Waals surface area (Å²) in [6, 6.07) is 9.44. The van der Waals surface area contributed by atoms with Gasteiger partial charge in [-0.3, -0.25) is 4.79 Å². The second-order valence-electron chi connectivity index (χ2n) is 5.50. The molecule has 106 valence electrons. The van der Waals surface area contributed by atoms with Crippen molar-refractivity contribution in [2.75, 3.05) is 13.7 Å². The van der Waals surface area contributed by atoms with Crippen molar-refractivity contribution in [1.82, 2.24) is 4.90 Å². The van der Waals surface area contributed by atoms with E-state index in [1.165, 1.54) is 10.5 Å². The Bertz CT molecular complexity index is 404. The van der Waals surface area contributed by atoms with Gasteiger partial charge in [-0.1, -0.05) is 30.3 Å². The fourth-order valence-corrected chi connectivity index (χ4v) is 1.74. The number of aliphatic hydroxyl groups excluding tert-OH is 1. The van der Waals surface area contributed by atoms with E-state index in [4.69, 9.17) is 5.73 Å². The molecule has 0 aliphatic rings. The fourth-order valence-electron chi connectivity index (χ4n) is 1.74. The second kappa shape index (κ2) is 6.68. The van der Waals surface area contributed by atoms with Gasteiger partial charge in [0.15, 0.2) is 0 Å². The number of aliphatic hydroxyl groups is 1. The maximum Gasteiger partial charge on any atom is 0.239 e. The number of hydrogen-bond acceptors (Lipinski definition) is 3. The third-order valence-electron chi connectivity index (χ3n) is 3.53. The van der Waals surface area contributed by atoms with Gasteiger partial charge < -0.3 is 15.7 Å². The third-order valence-corrected chi connectivity index (χ3v) is 3.53. The lowest BCUT2D eigenvalue weighted by Gasteiger charge is -2.35. The molecule has 0 unspecified atom stereocenters. The largest absolute Gasteiger partial charge is 0.394 e. The molecule has 0 radical (unpaired) electrons. The molecular formula is C15H24N2O2. The molecule has 4 heteroatoms. The molecule has 0 heterocycles. The van der Waals surface area contributed by atoms with E-state index in [1.54, 1.807) is 7.05 Å². The molecule has 1 aromatic rings. The van der Waals surface area contributed by atoms with Gasteiger partial charge in [0, 0.05) is 7.05 Å². The summed E-state index contributed by atoms with van der Waals surface area (Å²) in [6.45, 7) is 3.55. The minimum absolute atomic E-state index is 0.0827. The summed E-state index contributed by atoms with van der Waals surface area (Å²) in [4.78, 5) is 13.7. The number of nitrogens with two attached hydrogens (primary N) is 1. The average Bonchev–Trinajstić information content (AvgIpc) is 2.44. The van der Waals surface area contributed by atoms with Gasteiger partial charge in [0.2, 0.25) is 5.91 Å². The predicted octanol–water partition coefficient (Wildman–Crippen LogP) is 1.18. The van der Waals surface area contributed by atoms with Crippen LogP contribution in [0.1, 0.15) is 25.8 Å². The van der Waals surface area contributed by atoms with Gasteiger partial charge in [-0.15, -0.1) is 0 Å². The van der Waals surface area contributed by atoms with Crippen LogP contribution >= 0.6 is 0 Å². The van der Waals surface area contributed by atoms with Crippen LogP contribution in [0.3, 0.4) is 0 Å². The zero-order chi connectivity index (χ0) is 14.5. The Labute approximate surface area is 115 Å². The molecule has 3 N–H and O–H groups in total. The highest BCUT2D eigenvalue weighted by Gasteiger charge is 2.29. The Kier molecular flexibility index (Phi) is 5.51. The van der Waals surface area contributed by atoms with Gasteiger partial charge in [-0.25, -0.2) is 0 Å². The van der Waals surface area contributed by atoms with Crippen molar-refractivity contribution in [1.29, 1.82) is 0 Å². The maximum absolute atomic E-state index is 12.2. The van der Waals surface area contributed by atoms with Crippen LogP contribution in [0.25, 0.3) is 0 Å². The van der Waals surface area contributed by atoms with E-state index >= 15 is 0 Å². The number of likely N-dealkylation sites (N-methyl/N-ethyl adjacent to an activating group) is 1. The molecule has 1 amide bonds. The zero-order valence-corrected chi connectivity index (χ0v) is 12.0. The normalized spacial score (nSPS) is 13.1. The van der Waals surface area contributed by atoms with Gasteiger partial charge in [0.25, 0.3) is 0 Å². The quantitative estimate of drug-likeness (QED) is 0.810. The maximum atomic E-state index is 12.2. The van der Waals surface area contributed by atoms with Crippen molar-refractivity contribution in [3.63, 3.8) is 0 Å². The van der Waals surface area contributed by atoms with Crippen molar-refractivity contribution in [3.8, 4) is 0 Å². The fraction of sp³-hybridized carbons (Fsp3) is 0.533. The number of carbonyl (C=O) groups excluding carboxylic acids is 1. The molecule has 0 fully saturated rings. The first-order valence-electron chi connectivity index (χ1n) is 6.56. The predicted molar refractivity (Wildman–Crippen MR) is 76.7 cm³/mol. The van der Waals surface area contributed by atoms with E-state index in [-0.39, 0.29) is 12.5 Å². The summed E-state index contributed by atoms with van der Waals surface area (Å²) in [5, 5.41) is 9.27. The lowest BCUT2D eigenvalue weighted by Crippen LogP contribution is -2.53. The highest BCUT2D eigenvalue weighted by Crippen LogP contribution is 2.13. The second-order valence-corrected chi connectivity index (χ2v) is 5.50. The Morgan fingerprint density at radius 2 is 1.95 bits per heavy atom. The van der Waals surface area contributed by atoms with Gasteiger partial charge in [0.1, 0.15) is 0 Å². The Hall–Kier alpha value is -1.39. The van der Waals surface area contributed by atoms with E-state index in [1.807, 2.05) is 44.2 Å². The number of carbonyl (C=O) groups is 1. The highest BCUT2D eigenvalue weighted by atomic mass is 16.3. The van der Waals surface area contributed by atoms with Gasteiger partial charge >= 0.3 is 0 Å². The molecule has 0 bridgehead atoms. The first-order chi connectivity index (χ1) is 8.88. The van der Waals surface area contributed by atoms with Gasteiger partial charge in [-0.05, 0) is 32.3 Å². The van der Waals surface area contributed by atoms with Gasteiger partial charge in [-0.2, -0.15) is 0 Å². The smallest absolute Gasteiger partial charge is 0.239 e. The summed E-state index contributed by atoms with van der Waals surface area (Å²) >= 11 is 0. The van der Waals surface area contributed by atoms with Crippen LogP contribution in [0, 0.1) is 0 Å². The van der Waals surface area contributed by atoms with Crippen LogP contribution in [0.2, 0.25) is 0 Å². The minimum atomic E-state index is -0.582. The molecule has 0 aliphatic heterocycles. The zero-order valence-electron chi connectivity index (χ0n) is 12.0. The van der Waals surface area contributed by atoms with Crippen LogP contribution in [0.4, 0.5) is 0 Å². The van der Waals surface area contributed by atoms with Crippen LogP contribution in [-0.4, -0.2) is 41.1 Å². The standard InChI is InChI=1S/C15H24N2O2/c1-15(2,11-18)17(3)14(19)13(16)10-9-12-7-5-4-6-8-12/h4-8,13,18H,9-11,16H2,1-3H3/t13-/m0/s1. The first kappa shape index (κ1) is 15.7. The number of hydrogen-bond donors (Lipinski definition) is 2. The summed E-state index contributed by atoms with van der Waals surface area (Å²) in [5.74, 6) is -0.130. The number of rotatable bonds is 6. The molecule has 19 heavy (non-hydrogen) atoms. The average molecular weight is 264 g/mol. The number of aryl methyl sites for hydroxylation is 1. The molecule has 1 atom stereocenters. The Morgan fingerprint density at radius 3 is 2.47 bits per heavy atom. The highest BCUT2D eigenvalue weighted by molar-refractivity contribution is 5.82. The number of nitrogens with zero attached hydrogens (tertiary/aromatic N) is 1. The first-order valence-corrected chi connectivity index (χ1v) is 6.56. The molecule has 4 nitrogen and oxygen atoms in total. The molecule has 1 aromatic carbocycles. The monoisotopic (exact) mass is 264 g/mol. The topological polar surface area (TPSA) is 66.6 Å². The molecule has 0 aromatic heterocycles. The summed E-state index contributed by atoms with van der Waals surface area (Å²) in [6.07, 6.45) is 1.38. The molecule has 1 rings (SSSR count). The van der Waals surface area contributed by atoms with E-state index < -0.39 is 11.6 Å². The lowest BCUT2D eigenvalue weighted by molar-refractivity contribution is -0.137. The summed E-state index contributed by atoms with van der Waals surface area (Å²) in [7, 11) is 1.68. The molecule has 0 saturated carbocycles. The molecular weight excluding hydrogens is 240 g/mol. The van der Waals surface area contributed by atoms with Crippen molar-refractivity contribution in [2.45, 2.75) is 38.3 Å². The Morgan fingerprint density at radius 1 is 1.37 bits per heavy atom. The van der Waals surface area contributed by atoms with Crippen LogP contribution in [0.15, 0.2) is 30.3 Å². The lowest BCUT2D eigenvalue weighted by atomic mass is 10.0. The van der Waals surface area contributed by atoms with Crippen LogP contribution in [0.5, 0.6) is 0 Å². The SMILES string of the molecule is CN(C(=O)[C@@H](N)CCc1ccccc1)C(C)(C)CO. The van der Waals surface area contributed by atoms with E-state index in [9.17, 15) is 9.90 Å². The molecule has 0 aliphatic carbocycles. The Balaban J connectivity index is 2.54. The van der Waals surface area contributed by atoms with E-state index in [0.717, 1.165) is 6.42 Å². The van der Waals surface area contributed by atoms with Crippen LogP contribution in [-0.2, 0) is 11.2 Å². The minimum Gasteiger partial charge on any atom is -0.394 e. The summed E-state index contributed by atoms with van der Waals surface area (Å²) in [5.41, 5.74) is 6.54. The molecule has 0 spiro atoms. The van der Waals surface area contributed by atoms with Crippen LogP contribution < -0.4 is 5.73 Å². The van der Waals surface area contributed by atoms with E-state index in [0.29, 0.717) is 6.42 Å². The van der Waals surface area contributed by atoms with Crippen molar-refractivity contribution in [3.05, 3.63) is 35.9 Å². The number of benzene rings is 1. The van der Waals surface area contributed by atoms with Gasteiger partial charge in [0.05, 0.1) is 18.2 Å². The number of amides is 1. The van der Waals surface area contributed by atoms with Crippen molar-refractivity contribution >= 4 is 5.91 Å². The van der Waals surface area contributed by atoms with Crippen molar-refractivity contribution < 1.29 is 9.90 Å². The molecule has 0 saturated heterocycles.